The van der Waals surface area contributed by atoms with E-state index in [0.717, 1.165) is 36.8 Å². The number of aliphatic hydroxyl groups is 1. The maximum absolute atomic E-state index is 13.7. The molecule has 37 heavy (non-hydrogen) atoms. The van der Waals surface area contributed by atoms with Gasteiger partial charge < -0.3 is 5.11 Å². The number of ketones is 1. The van der Waals surface area contributed by atoms with Crippen molar-refractivity contribution in [3.8, 4) is 0 Å². The Morgan fingerprint density at radius 2 is 1.41 bits per heavy atom. The minimum absolute atomic E-state index is 0.00275. The molecule has 0 aliphatic carbocycles. The summed E-state index contributed by atoms with van der Waals surface area (Å²) < 4.78 is 0. The third kappa shape index (κ3) is 10.2. The predicted molar refractivity (Wildman–Crippen MR) is 163 cm³/mol. The van der Waals surface area contributed by atoms with Gasteiger partial charge in [0, 0.05) is 11.8 Å². The molecule has 0 heterocycles. The Morgan fingerprint density at radius 3 is 1.92 bits per heavy atom. The molecule has 2 heteroatoms. The molecule has 1 unspecified atom stereocenters. The molecule has 1 rings (SSSR count). The van der Waals surface area contributed by atoms with Crippen LogP contribution >= 0.6 is 0 Å². The molecular formula is C35H58O2. The number of hydrogen-bond donors (Lipinski definition) is 1. The van der Waals surface area contributed by atoms with E-state index >= 15 is 0 Å². The lowest BCUT2D eigenvalue weighted by molar-refractivity contribution is -0.141. The Labute approximate surface area is 230 Å². The maximum Gasteiger partial charge on any atom is 0.139 e. The Balaban J connectivity index is 2.46. The zero-order valence-corrected chi connectivity index (χ0v) is 25.8. The number of carbonyl (C=O) groups excluding carboxylic acids is 1. The van der Waals surface area contributed by atoms with Crippen LogP contribution in [0.4, 0.5) is 0 Å². The molecule has 1 aromatic rings. The normalized spacial score (nSPS) is 14.5. The molecule has 0 aromatic heterocycles. The van der Waals surface area contributed by atoms with Gasteiger partial charge in [-0.3, -0.25) is 4.79 Å². The number of carbonyl (C=O) groups is 1. The first kappa shape index (κ1) is 33.4. The van der Waals surface area contributed by atoms with E-state index in [0.29, 0.717) is 24.0 Å². The zero-order valence-electron chi connectivity index (χ0n) is 25.8. The van der Waals surface area contributed by atoms with Gasteiger partial charge in [0.25, 0.3) is 0 Å². The van der Waals surface area contributed by atoms with Crippen LogP contribution < -0.4 is 0 Å². The summed E-state index contributed by atoms with van der Waals surface area (Å²) in [5.74, 6) is 1.48. The number of aryl methyl sites for hydroxylation is 1. The van der Waals surface area contributed by atoms with Crippen molar-refractivity contribution in [3.63, 3.8) is 0 Å². The fourth-order valence-corrected chi connectivity index (χ4v) is 5.10. The summed E-state index contributed by atoms with van der Waals surface area (Å²) in [6.07, 6.45) is 13.7. The highest BCUT2D eigenvalue weighted by Gasteiger charge is 2.50. The molecular weight excluding hydrogens is 452 g/mol. The van der Waals surface area contributed by atoms with Crippen LogP contribution in [0.15, 0.2) is 42.5 Å². The number of aliphatic hydroxyl groups excluding tert-OH is 1. The van der Waals surface area contributed by atoms with Crippen LogP contribution in [0.3, 0.4) is 0 Å². The van der Waals surface area contributed by atoms with Crippen molar-refractivity contribution in [1.29, 1.82) is 0 Å². The highest BCUT2D eigenvalue weighted by molar-refractivity contribution is 5.85. The van der Waals surface area contributed by atoms with Crippen LogP contribution in [0.1, 0.15) is 125 Å². The number of benzene rings is 1. The third-order valence-electron chi connectivity index (χ3n) is 9.67. The van der Waals surface area contributed by atoms with E-state index in [1.807, 2.05) is 12.2 Å². The fourth-order valence-electron chi connectivity index (χ4n) is 5.10. The summed E-state index contributed by atoms with van der Waals surface area (Å²) in [5.41, 5.74) is 3.04. The van der Waals surface area contributed by atoms with E-state index < -0.39 is 0 Å². The number of Topliss-reactive ketones (excluding diaryl/α,β-unsaturated/α-hetero) is 1. The molecule has 1 aromatic carbocycles. The van der Waals surface area contributed by atoms with Gasteiger partial charge in [0.05, 0.1) is 6.61 Å². The molecule has 0 spiro atoms. The van der Waals surface area contributed by atoms with Gasteiger partial charge in [-0.15, -0.1) is 0 Å². The molecule has 0 fully saturated rings. The standard InChI is InChI=1S/C35H58O2/c1-27(2)33(6,7)26-35(10,34(8,9)28(3)4)32(37)18-16-14-12-11-13-15-17-30-21-23-31(24-22-30)20-19-29(5)25-36/h19-24,27-28,36H,5,11-18,25-26H2,1-4,6-10H3/b20-19+. The average molecular weight is 511 g/mol. The van der Waals surface area contributed by atoms with E-state index in [1.54, 1.807) is 0 Å². The summed E-state index contributed by atoms with van der Waals surface area (Å²) in [7, 11) is 0. The lowest BCUT2D eigenvalue weighted by Gasteiger charge is -2.50. The molecule has 1 atom stereocenters. The van der Waals surface area contributed by atoms with Crippen LogP contribution in [-0.2, 0) is 11.2 Å². The van der Waals surface area contributed by atoms with E-state index in [-0.39, 0.29) is 22.9 Å². The molecule has 0 saturated carbocycles. The Morgan fingerprint density at radius 1 is 0.865 bits per heavy atom. The number of unbranched alkanes of at least 4 members (excludes halogenated alkanes) is 5. The topological polar surface area (TPSA) is 37.3 Å². The van der Waals surface area contributed by atoms with Gasteiger partial charge >= 0.3 is 0 Å². The first-order valence-corrected chi connectivity index (χ1v) is 14.8. The third-order valence-corrected chi connectivity index (χ3v) is 9.67. The van der Waals surface area contributed by atoms with E-state index in [4.69, 9.17) is 5.11 Å². The Hall–Kier alpha value is -1.67. The minimum atomic E-state index is -0.299. The van der Waals surface area contributed by atoms with Crippen LogP contribution in [0.5, 0.6) is 0 Å². The molecule has 0 aliphatic heterocycles. The molecule has 0 radical (unpaired) electrons. The lowest BCUT2D eigenvalue weighted by Crippen LogP contribution is -2.48. The number of hydrogen-bond acceptors (Lipinski definition) is 2. The summed E-state index contributed by atoms with van der Waals surface area (Å²) >= 11 is 0. The quantitative estimate of drug-likeness (QED) is 0.158. The van der Waals surface area contributed by atoms with Gasteiger partial charge in [0.15, 0.2) is 0 Å². The van der Waals surface area contributed by atoms with Gasteiger partial charge in [0.2, 0.25) is 0 Å². The Kier molecular flexibility index (Phi) is 13.6. The average Bonchev–Trinajstić information content (AvgIpc) is 2.83. The lowest BCUT2D eigenvalue weighted by atomic mass is 9.53. The molecule has 0 bridgehead atoms. The smallest absolute Gasteiger partial charge is 0.139 e. The monoisotopic (exact) mass is 510 g/mol. The van der Waals surface area contributed by atoms with Crippen molar-refractivity contribution >= 4 is 11.9 Å². The molecule has 0 amide bonds. The van der Waals surface area contributed by atoms with Crippen LogP contribution in [0.25, 0.3) is 6.08 Å². The maximum atomic E-state index is 13.7. The van der Waals surface area contributed by atoms with E-state index in [1.165, 1.54) is 31.2 Å². The van der Waals surface area contributed by atoms with Crippen molar-refractivity contribution in [1.82, 2.24) is 0 Å². The van der Waals surface area contributed by atoms with Crippen molar-refractivity contribution in [3.05, 3.63) is 53.6 Å². The van der Waals surface area contributed by atoms with Gasteiger partial charge in [-0.2, -0.15) is 0 Å². The van der Waals surface area contributed by atoms with E-state index in [9.17, 15) is 4.79 Å². The highest BCUT2D eigenvalue weighted by atomic mass is 16.3. The van der Waals surface area contributed by atoms with Crippen LogP contribution in [0.2, 0.25) is 0 Å². The van der Waals surface area contributed by atoms with Crippen LogP contribution in [0, 0.1) is 28.1 Å². The summed E-state index contributed by atoms with van der Waals surface area (Å²) in [4.78, 5) is 13.7. The van der Waals surface area contributed by atoms with Crippen LogP contribution in [-0.4, -0.2) is 17.5 Å². The number of rotatable bonds is 18. The second kappa shape index (κ2) is 15.1. The first-order chi connectivity index (χ1) is 17.2. The van der Waals surface area contributed by atoms with E-state index in [2.05, 4.69) is 93.2 Å². The molecule has 0 aliphatic rings. The molecule has 210 valence electrons. The van der Waals surface area contributed by atoms with Gasteiger partial charge in [-0.1, -0.05) is 131 Å². The van der Waals surface area contributed by atoms with Gasteiger partial charge in [-0.05, 0) is 65.0 Å². The van der Waals surface area contributed by atoms with Gasteiger partial charge in [0.1, 0.15) is 5.78 Å². The van der Waals surface area contributed by atoms with Crippen molar-refractivity contribution in [2.45, 2.75) is 120 Å². The first-order valence-electron chi connectivity index (χ1n) is 14.8. The highest BCUT2D eigenvalue weighted by Crippen LogP contribution is 2.53. The molecule has 2 nitrogen and oxygen atoms in total. The van der Waals surface area contributed by atoms with Crippen molar-refractivity contribution in [2.75, 3.05) is 6.61 Å². The minimum Gasteiger partial charge on any atom is -0.392 e. The van der Waals surface area contributed by atoms with Gasteiger partial charge in [-0.25, -0.2) is 0 Å². The Bertz CT molecular complexity index is 854. The fraction of sp³-hybridized carbons (Fsp3) is 0.686. The second-order valence-corrected chi connectivity index (χ2v) is 13.5. The van der Waals surface area contributed by atoms with Crippen molar-refractivity contribution < 1.29 is 9.90 Å². The molecule has 0 saturated heterocycles. The predicted octanol–water partition coefficient (Wildman–Crippen LogP) is 9.85. The summed E-state index contributed by atoms with van der Waals surface area (Å²) in [6, 6.07) is 8.65. The summed E-state index contributed by atoms with van der Waals surface area (Å²) in [6.45, 7) is 24.5. The van der Waals surface area contributed by atoms with Crippen molar-refractivity contribution in [2.24, 2.45) is 28.1 Å². The summed E-state index contributed by atoms with van der Waals surface area (Å²) in [5, 5.41) is 9.04. The SMILES string of the molecule is C=C(/C=C/c1ccc(CCCCCCCCC(=O)C(C)(CC(C)(C)C(C)C)C(C)(C)C(C)C)cc1)CO. The molecule has 1 N–H and O–H groups in total. The largest absolute Gasteiger partial charge is 0.392 e. The zero-order chi connectivity index (χ0) is 28.3. The second-order valence-electron chi connectivity index (χ2n) is 13.5.